The Morgan fingerprint density at radius 1 is 1.27 bits per heavy atom. The van der Waals surface area contributed by atoms with Crippen molar-refractivity contribution in [3.63, 3.8) is 0 Å². The summed E-state index contributed by atoms with van der Waals surface area (Å²) in [4.78, 5) is 16.1. The van der Waals surface area contributed by atoms with Gasteiger partial charge in [0.2, 0.25) is 0 Å². The molecule has 0 spiro atoms. The molecule has 0 aliphatic rings. The average Bonchev–Trinajstić information content (AvgIpc) is 1.59. The molecule has 0 radical (unpaired) electrons. The monoisotopic (exact) mass is 260 g/mol. The summed E-state index contributed by atoms with van der Waals surface area (Å²) in [5.41, 5.74) is 0. The zero-order chi connectivity index (χ0) is 6.62. The summed E-state index contributed by atoms with van der Waals surface area (Å²) < 4.78 is 13.9. The van der Waals surface area contributed by atoms with Gasteiger partial charge in [-0.2, -0.15) is 0 Å². The fourth-order valence-corrected chi connectivity index (χ4v) is 0.631. The van der Waals surface area contributed by atoms with Crippen LogP contribution in [0.15, 0.2) is 0 Å². The molecule has 4 nitrogen and oxygen atoms in total. The van der Waals surface area contributed by atoms with Gasteiger partial charge in [-0.25, -0.2) is 4.57 Å². The summed E-state index contributed by atoms with van der Waals surface area (Å²) in [6.45, 7) is 1.89. The summed E-state index contributed by atoms with van der Waals surface area (Å²) in [5.74, 6) is 0. The van der Waals surface area contributed by atoms with Gasteiger partial charge in [0.15, 0.2) is 0 Å². The van der Waals surface area contributed by atoms with Crippen LogP contribution in [0.5, 0.6) is 0 Å². The first-order valence-corrected chi connectivity index (χ1v) is 3.79. The van der Waals surface area contributed by atoms with Crippen molar-refractivity contribution in [2.24, 2.45) is 0 Å². The molecule has 0 amide bonds. The standard InChI is InChI=1S/C3H9O4P.3K.3H/c1-2-3-7-8(4,5)6;;;;;;/h2-3H2,1H3,(H2,4,5,6);;;;;;. The van der Waals surface area contributed by atoms with E-state index in [1.54, 1.807) is 6.92 Å². The number of hydrogen-bond donors (Lipinski definition) is 2. The molecule has 0 aliphatic carbocycles. The van der Waals surface area contributed by atoms with E-state index in [0.717, 1.165) is 0 Å². The number of phosphoric acid groups is 1. The van der Waals surface area contributed by atoms with Gasteiger partial charge >= 0.3 is 162 Å². The van der Waals surface area contributed by atoms with Crippen molar-refractivity contribution in [3.8, 4) is 0 Å². The Hall–Kier alpha value is 5.02. The Morgan fingerprint density at radius 3 is 1.73 bits per heavy atom. The molecule has 0 aromatic rings. The van der Waals surface area contributed by atoms with Crippen molar-refractivity contribution in [1.29, 1.82) is 0 Å². The predicted molar refractivity (Wildman–Crippen MR) is 49.7 cm³/mol. The fraction of sp³-hybridized carbons (Fsp3) is 1.00. The molecule has 8 heteroatoms. The first-order valence-electron chi connectivity index (χ1n) is 2.26. The van der Waals surface area contributed by atoms with Crippen LogP contribution in [0.3, 0.4) is 0 Å². The maximum atomic E-state index is 9.86. The van der Waals surface area contributed by atoms with Crippen molar-refractivity contribution < 1.29 is 18.9 Å². The van der Waals surface area contributed by atoms with E-state index in [0.29, 0.717) is 6.42 Å². The molecule has 0 saturated carbocycles. The molecule has 0 bridgehead atoms. The van der Waals surface area contributed by atoms with E-state index in [9.17, 15) is 4.57 Å². The Bertz CT molecular complexity index is 105. The van der Waals surface area contributed by atoms with Gasteiger partial charge in [-0.05, 0) is 6.42 Å². The maximum absolute atomic E-state index is 9.86. The molecule has 0 saturated heterocycles. The Morgan fingerprint density at radius 2 is 1.64 bits per heavy atom. The summed E-state index contributed by atoms with van der Waals surface area (Å²) >= 11 is 0. The van der Waals surface area contributed by atoms with Crippen molar-refractivity contribution in [2.45, 2.75) is 13.3 Å². The van der Waals surface area contributed by atoms with Crippen LogP contribution in [0.2, 0.25) is 0 Å². The zero-order valence-electron chi connectivity index (χ0n) is 4.57. The van der Waals surface area contributed by atoms with Gasteiger partial charge in [-0.15, -0.1) is 0 Å². The first-order chi connectivity index (χ1) is 3.56. The molecule has 0 aromatic heterocycles. The molecule has 0 atom stereocenters. The van der Waals surface area contributed by atoms with Crippen LogP contribution in [-0.2, 0) is 9.09 Å². The van der Waals surface area contributed by atoms with Gasteiger partial charge in [0.1, 0.15) is 0 Å². The zero-order valence-corrected chi connectivity index (χ0v) is 5.47. The molecular weight excluding hydrogens is 248 g/mol. The predicted octanol–water partition coefficient (Wildman–Crippen LogP) is -1.44. The number of phosphoric ester groups is 1. The van der Waals surface area contributed by atoms with Crippen LogP contribution >= 0.6 is 7.82 Å². The summed E-state index contributed by atoms with van der Waals surface area (Å²) in [6, 6.07) is 0. The van der Waals surface area contributed by atoms with Gasteiger partial charge < -0.3 is 9.79 Å². The summed E-state index contributed by atoms with van der Waals surface area (Å²) in [5, 5.41) is 0. The second-order valence-corrected chi connectivity index (χ2v) is 2.56. The van der Waals surface area contributed by atoms with Crippen molar-refractivity contribution >= 4 is 162 Å². The van der Waals surface area contributed by atoms with E-state index in [2.05, 4.69) is 4.52 Å². The van der Waals surface area contributed by atoms with Gasteiger partial charge in [-0.3, -0.25) is 4.52 Å². The van der Waals surface area contributed by atoms with Gasteiger partial charge in [0.25, 0.3) is 0 Å². The summed E-state index contributed by atoms with van der Waals surface area (Å²) in [6.07, 6.45) is 0.616. The quantitative estimate of drug-likeness (QED) is 0.482. The SMILES string of the molecule is CCCOP(=O)(O)O.[KH].[KH].[KH]. The third-order valence-electron chi connectivity index (χ3n) is 0.464. The van der Waals surface area contributed by atoms with Crippen molar-refractivity contribution in [1.82, 2.24) is 0 Å². The summed E-state index contributed by atoms with van der Waals surface area (Å²) in [7, 11) is -4.18. The van der Waals surface area contributed by atoms with Gasteiger partial charge in [-0.1, -0.05) is 6.92 Å². The van der Waals surface area contributed by atoms with Crippen molar-refractivity contribution in [3.05, 3.63) is 0 Å². The number of hydrogen-bond acceptors (Lipinski definition) is 2. The van der Waals surface area contributed by atoms with Crippen LogP contribution in [0.25, 0.3) is 0 Å². The fourth-order valence-electron chi connectivity index (χ4n) is 0.210. The van der Waals surface area contributed by atoms with Crippen LogP contribution in [0, 0.1) is 0 Å². The van der Waals surface area contributed by atoms with E-state index in [1.165, 1.54) is 0 Å². The third-order valence-corrected chi connectivity index (χ3v) is 0.983. The second kappa shape index (κ2) is 15.0. The molecule has 0 rings (SSSR count). The Kier molecular flexibility index (Phi) is 34.2. The average molecular weight is 260 g/mol. The molecule has 0 fully saturated rings. The minimum atomic E-state index is -4.18. The van der Waals surface area contributed by atoms with Gasteiger partial charge in [0.05, 0.1) is 6.61 Å². The molecule has 11 heavy (non-hydrogen) atoms. The van der Waals surface area contributed by atoms with Crippen LogP contribution in [0.4, 0.5) is 0 Å². The second-order valence-electron chi connectivity index (χ2n) is 1.32. The van der Waals surface area contributed by atoms with Crippen LogP contribution in [-0.4, -0.2) is 171 Å². The first kappa shape index (κ1) is 25.0. The molecular formula is C3H12K3O4P. The molecule has 0 aliphatic heterocycles. The van der Waals surface area contributed by atoms with Crippen LogP contribution < -0.4 is 0 Å². The minimum absolute atomic E-state index is 0. The molecule has 2 N–H and O–H groups in total. The van der Waals surface area contributed by atoms with E-state index >= 15 is 0 Å². The normalized spacial score (nSPS) is 8.64. The van der Waals surface area contributed by atoms with E-state index in [-0.39, 0.29) is 161 Å². The number of rotatable bonds is 3. The van der Waals surface area contributed by atoms with Crippen LogP contribution in [0.1, 0.15) is 13.3 Å². The van der Waals surface area contributed by atoms with E-state index in [4.69, 9.17) is 9.79 Å². The Balaban J connectivity index is -0.0000000817. The van der Waals surface area contributed by atoms with E-state index in [1.807, 2.05) is 0 Å². The molecule has 56 valence electrons. The van der Waals surface area contributed by atoms with Crippen molar-refractivity contribution in [2.75, 3.05) is 6.61 Å². The molecule has 0 unspecified atom stereocenters. The van der Waals surface area contributed by atoms with E-state index < -0.39 is 7.82 Å². The third kappa shape index (κ3) is 25.4. The Labute approximate surface area is 194 Å². The molecule has 0 heterocycles. The molecule has 0 aromatic carbocycles. The van der Waals surface area contributed by atoms with Gasteiger partial charge in [0, 0.05) is 0 Å². The topological polar surface area (TPSA) is 66.8 Å².